The number of allylic oxidation sites excluding steroid dienone is 3. The van der Waals surface area contributed by atoms with E-state index in [-0.39, 0.29) is 17.6 Å². The highest BCUT2D eigenvalue weighted by Crippen LogP contribution is 2.43. The van der Waals surface area contributed by atoms with Crippen molar-refractivity contribution in [2.75, 3.05) is 0 Å². The third kappa shape index (κ3) is 2.36. The molecule has 1 aromatic rings. The van der Waals surface area contributed by atoms with Crippen molar-refractivity contribution >= 4 is 21.7 Å². The van der Waals surface area contributed by atoms with E-state index in [0.29, 0.717) is 17.8 Å². The molecule has 1 heterocycles. The molecule has 2 aliphatic rings. The maximum Gasteiger partial charge on any atom is 0.205 e. The standard InChI is InChI=1S/C16H13BrN2O2/c17-10-6-4-9(5-7-10)14-11-2-1-3-13(20)15(11)21-16(19)12(14)8-18/h4-7,14H,1-3,19H2/t14-/m0/s1. The van der Waals surface area contributed by atoms with Crippen LogP contribution in [0.2, 0.25) is 0 Å². The maximum atomic E-state index is 12.0. The Balaban J connectivity index is 2.16. The molecule has 5 heteroatoms. The van der Waals surface area contributed by atoms with Crippen molar-refractivity contribution in [3.63, 3.8) is 0 Å². The monoisotopic (exact) mass is 344 g/mol. The number of nitrogens with two attached hydrogens (primary N) is 1. The normalized spacial score (nSPS) is 21.7. The van der Waals surface area contributed by atoms with Crippen LogP contribution in [-0.2, 0) is 9.53 Å². The molecule has 1 aromatic carbocycles. The first-order chi connectivity index (χ1) is 10.1. The van der Waals surface area contributed by atoms with Gasteiger partial charge >= 0.3 is 0 Å². The highest BCUT2D eigenvalue weighted by atomic mass is 79.9. The number of hydrogen-bond donors (Lipinski definition) is 1. The number of ether oxygens (including phenoxy) is 1. The fourth-order valence-corrected chi connectivity index (χ4v) is 3.13. The molecular weight excluding hydrogens is 332 g/mol. The first-order valence-electron chi connectivity index (χ1n) is 6.71. The molecule has 0 aromatic heterocycles. The van der Waals surface area contributed by atoms with Gasteiger partial charge in [0.05, 0.1) is 0 Å². The van der Waals surface area contributed by atoms with Crippen LogP contribution in [0.4, 0.5) is 0 Å². The number of carbonyl (C=O) groups excluding carboxylic acids is 1. The first-order valence-corrected chi connectivity index (χ1v) is 7.50. The summed E-state index contributed by atoms with van der Waals surface area (Å²) in [5.74, 6) is 0.0690. The van der Waals surface area contributed by atoms with E-state index in [1.54, 1.807) is 0 Å². The van der Waals surface area contributed by atoms with Crippen LogP contribution in [0.5, 0.6) is 0 Å². The Morgan fingerprint density at radius 1 is 1.29 bits per heavy atom. The highest BCUT2D eigenvalue weighted by molar-refractivity contribution is 9.10. The molecule has 0 spiro atoms. The van der Waals surface area contributed by atoms with E-state index < -0.39 is 0 Å². The average molecular weight is 345 g/mol. The lowest BCUT2D eigenvalue weighted by molar-refractivity contribution is -0.119. The second-order valence-corrected chi connectivity index (χ2v) is 6.02. The molecule has 1 atom stereocenters. The number of benzene rings is 1. The van der Waals surface area contributed by atoms with Gasteiger partial charge in [-0.2, -0.15) is 5.26 Å². The Kier molecular flexibility index (Phi) is 3.56. The van der Waals surface area contributed by atoms with Gasteiger partial charge in [0.25, 0.3) is 0 Å². The topological polar surface area (TPSA) is 76.1 Å². The zero-order valence-electron chi connectivity index (χ0n) is 11.2. The summed E-state index contributed by atoms with van der Waals surface area (Å²) in [6, 6.07) is 9.85. The van der Waals surface area contributed by atoms with E-state index in [2.05, 4.69) is 22.0 Å². The second-order valence-electron chi connectivity index (χ2n) is 5.11. The number of carbonyl (C=O) groups is 1. The van der Waals surface area contributed by atoms with Crippen molar-refractivity contribution in [3.8, 4) is 6.07 Å². The van der Waals surface area contributed by atoms with E-state index in [0.717, 1.165) is 28.5 Å². The molecule has 106 valence electrons. The molecule has 0 unspecified atom stereocenters. The quantitative estimate of drug-likeness (QED) is 0.848. The third-order valence-corrected chi connectivity index (χ3v) is 4.36. The molecule has 0 bridgehead atoms. The molecule has 0 fully saturated rings. The van der Waals surface area contributed by atoms with Gasteiger partial charge in [0.1, 0.15) is 11.6 Å². The van der Waals surface area contributed by atoms with Crippen LogP contribution in [-0.4, -0.2) is 5.78 Å². The lowest BCUT2D eigenvalue weighted by atomic mass is 9.78. The smallest absolute Gasteiger partial charge is 0.205 e. The number of nitrogens with zero attached hydrogens (tertiary/aromatic N) is 1. The predicted molar refractivity (Wildman–Crippen MR) is 80.7 cm³/mol. The van der Waals surface area contributed by atoms with Gasteiger partial charge in [0.2, 0.25) is 5.88 Å². The molecule has 4 nitrogen and oxygen atoms in total. The molecule has 21 heavy (non-hydrogen) atoms. The summed E-state index contributed by atoms with van der Waals surface area (Å²) < 4.78 is 6.40. The van der Waals surface area contributed by atoms with Crippen molar-refractivity contribution in [1.82, 2.24) is 0 Å². The third-order valence-electron chi connectivity index (χ3n) is 3.83. The lowest BCUT2D eigenvalue weighted by Gasteiger charge is -2.31. The van der Waals surface area contributed by atoms with E-state index >= 15 is 0 Å². The summed E-state index contributed by atoms with van der Waals surface area (Å²) in [7, 11) is 0. The zero-order chi connectivity index (χ0) is 15.0. The van der Waals surface area contributed by atoms with Gasteiger partial charge in [0.15, 0.2) is 11.5 Å². The zero-order valence-corrected chi connectivity index (χ0v) is 12.8. The highest BCUT2D eigenvalue weighted by Gasteiger charge is 2.36. The molecule has 0 saturated carbocycles. The fraction of sp³-hybridized carbons (Fsp3) is 0.250. The average Bonchev–Trinajstić information content (AvgIpc) is 2.48. The van der Waals surface area contributed by atoms with Crippen LogP contribution in [0, 0.1) is 11.3 Å². The van der Waals surface area contributed by atoms with Crippen molar-refractivity contribution in [2.24, 2.45) is 5.73 Å². The fourth-order valence-electron chi connectivity index (χ4n) is 2.87. The van der Waals surface area contributed by atoms with Crippen LogP contribution in [0.15, 0.2) is 51.5 Å². The minimum absolute atomic E-state index is 0.0294. The Morgan fingerprint density at radius 3 is 2.67 bits per heavy atom. The van der Waals surface area contributed by atoms with E-state index in [1.807, 2.05) is 24.3 Å². The van der Waals surface area contributed by atoms with Crippen molar-refractivity contribution in [2.45, 2.75) is 25.2 Å². The Hall–Kier alpha value is -2.06. The van der Waals surface area contributed by atoms with Crippen LogP contribution < -0.4 is 5.73 Å². The molecule has 0 saturated heterocycles. The summed E-state index contributed by atoms with van der Waals surface area (Å²) in [5.41, 5.74) is 8.06. The van der Waals surface area contributed by atoms with Gasteiger partial charge < -0.3 is 10.5 Å². The van der Waals surface area contributed by atoms with Crippen LogP contribution in [0.3, 0.4) is 0 Å². The first kappa shape index (κ1) is 13.9. The lowest BCUT2D eigenvalue weighted by Crippen LogP contribution is -2.26. The van der Waals surface area contributed by atoms with E-state index in [4.69, 9.17) is 10.5 Å². The largest absolute Gasteiger partial charge is 0.437 e. The number of nitriles is 1. The minimum atomic E-state index is -0.281. The number of Topliss-reactive ketones (excluding diaryl/α,β-unsaturated/α-hetero) is 1. The van der Waals surface area contributed by atoms with Gasteiger partial charge in [-0.1, -0.05) is 28.1 Å². The summed E-state index contributed by atoms with van der Waals surface area (Å²) in [6.45, 7) is 0. The summed E-state index contributed by atoms with van der Waals surface area (Å²) in [6.07, 6.45) is 2.01. The van der Waals surface area contributed by atoms with Crippen molar-refractivity contribution in [3.05, 3.63) is 57.1 Å². The molecule has 1 aliphatic heterocycles. The Morgan fingerprint density at radius 2 is 2.00 bits per heavy atom. The van der Waals surface area contributed by atoms with Gasteiger partial charge in [-0.3, -0.25) is 4.79 Å². The molecule has 0 amide bonds. The van der Waals surface area contributed by atoms with Gasteiger partial charge in [0, 0.05) is 16.8 Å². The number of halogens is 1. The number of rotatable bonds is 1. The summed E-state index contributed by atoms with van der Waals surface area (Å²) in [5, 5.41) is 9.42. The molecule has 2 N–H and O–H groups in total. The summed E-state index contributed by atoms with van der Waals surface area (Å²) >= 11 is 3.40. The van der Waals surface area contributed by atoms with Crippen molar-refractivity contribution < 1.29 is 9.53 Å². The van der Waals surface area contributed by atoms with E-state index in [1.165, 1.54) is 0 Å². The minimum Gasteiger partial charge on any atom is -0.437 e. The molecular formula is C16H13BrN2O2. The number of ketones is 1. The van der Waals surface area contributed by atoms with Gasteiger partial charge in [-0.15, -0.1) is 0 Å². The molecule has 0 radical (unpaired) electrons. The summed E-state index contributed by atoms with van der Waals surface area (Å²) in [4.78, 5) is 12.0. The Labute approximate surface area is 131 Å². The SMILES string of the molecule is N#CC1=C(N)OC2=C(CCCC2=O)[C@@H]1c1ccc(Br)cc1. The van der Waals surface area contributed by atoms with E-state index in [9.17, 15) is 10.1 Å². The van der Waals surface area contributed by atoms with Gasteiger partial charge in [-0.05, 0) is 36.1 Å². The van der Waals surface area contributed by atoms with Crippen molar-refractivity contribution in [1.29, 1.82) is 5.26 Å². The molecule has 3 rings (SSSR count). The second kappa shape index (κ2) is 5.38. The molecule has 1 aliphatic carbocycles. The van der Waals surface area contributed by atoms with Crippen LogP contribution in [0.1, 0.15) is 30.7 Å². The van der Waals surface area contributed by atoms with Crippen LogP contribution in [0.25, 0.3) is 0 Å². The number of hydrogen-bond acceptors (Lipinski definition) is 4. The Bertz CT molecular complexity index is 711. The van der Waals surface area contributed by atoms with Crippen LogP contribution >= 0.6 is 15.9 Å². The van der Waals surface area contributed by atoms with Gasteiger partial charge in [-0.25, -0.2) is 0 Å². The predicted octanol–water partition coefficient (Wildman–Crippen LogP) is 3.26. The maximum absolute atomic E-state index is 12.0.